The lowest BCUT2D eigenvalue weighted by Gasteiger charge is -2.08. The van der Waals surface area contributed by atoms with E-state index in [1.807, 2.05) is 0 Å². The summed E-state index contributed by atoms with van der Waals surface area (Å²) in [5.41, 5.74) is 2.61. The Hall–Kier alpha value is 0.01000. The average molecular weight is 275 g/mol. The van der Waals surface area contributed by atoms with Crippen LogP contribution in [-0.4, -0.2) is 17.5 Å². The van der Waals surface area contributed by atoms with Gasteiger partial charge in [-0.3, -0.25) is 0 Å². The van der Waals surface area contributed by atoms with Crippen LogP contribution < -0.4 is 0 Å². The summed E-state index contributed by atoms with van der Waals surface area (Å²) in [4.78, 5) is 1.25. The molecule has 0 saturated heterocycles. The lowest BCUT2D eigenvalue weighted by Crippen LogP contribution is -1.90. The second-order valence-corrected chi connectivity index (χ2v) is 5.10. The summed E-state index contributed by atoms with van der Waals surface area (Å²) in [6.45, 7) is 4.49. The van der Waals surface area contributed by atoms with Gasteiger partial charge in [0, 0.05) is 15.1 Å². The zero-order chi connectivity index (χ0) is 10.6. The van der Waals surface area contributed by atoms with E-state index in [-0.39, 0.29) is 6.61 Å². The van der Waals surface area contributed by atoms with Crippen molar-refractivity contribution in [1.29, 1.82) is 0 Å². The third-order valence-electron chi connectivity index (χ3n) is 2.04. The third kappa shape index (κ3) is 3.01. The van der Waals surface area contributed by atoms with Crippen LogP contribution in [0.3, 0.4) is 0 Å². The van der Waals surface area contributed by atoms with E-state index in [9.17, 15) is 0 Å². The van der Waals surface area contributed by atoms with Crippen molar-refractivity contribution >= 4 is 27.7 Å². The quantitative estimate of drug-likeness (QED) is 0.850. The zero-order valence-corrected chi connectivity index (χ0v) is 10.9. The van der Waals surface area contributed by atoms with Gasteiger partial charge in [0.1, 0.15) is 0 Å². The minimum Gasteiger partial charge on any atom is -0.396 e. The van der Waals surface area contributed by atoms with Gasteiger partial charge in [-0.15, -0.1) is 11.8 Å². The number of benzene rings is 1. The van der Waals surface area contributed by atoms with Crippen molar-refractivity contribution < 1.29 is 5.11 Å². The molecule has 78 valence electrons. The van der Waals surface area contributed by atoms with Gasteiger partial charge in [0.05, 0.1) is 6.61 Å². The Morgan fingerprint density at radius 2 is 2.14 bits per heavy atom. The van der Waals surface area contributed by atoms with E-state index >= 15 is 0 Å². The van der Waals surface area contributed by atoms with Crippen LogP contribution in [0.2, 0.25) is 0 Å². The SMILES string of the molecule is CCc1cc(SCCO)cc(C)c1Br. The molecule has 0 aliphatic carbocycles. The molecule has 0 heterocycles. The van der Waals surface area contributed by atoms with Gasteiger partial charge in [0.15, 0.2) is 0 Å². The van der Waals surface area contributed by atoms with E-state index in [0.29, 0.717) is 0 Å². The van der Waals surface area contributed by atoms with Crippen LogP contribution in [0.4, 0.5) is 0 Å². The van der Waals surface area contributed by atoms with E-state index in [4.69, 9.17) is 5.11 Å². The fourth-order valence-corrected chi connectivity index (χ4v) is 2.63. The first-order chi connectivity index (χ1) is 6.69. The molecule has 1 nitrogen and oxygen atoms in total. The summed E-state index contributed by atoms with van der Waals surface area (Å²) >= 11 is 5.29. The van der Waals surface area contributed by atoms with Crippen molar-refractivity contribution in [3.05, 3.63) is 27.7 Å². The van der Waals surface area contributed by atoms with Crippen molar-refractivity contribution in [2.24, 2.45) is 0 Å². The average Bonchev–Trinajstić information content (AvgIpc) is 2.19. The summed E-state index contributed by atoms with van der Waals surface area (Å²) in [7, 11) is 0. The number of hydrogen-bond acceptors (Lipinski definition) is 2. The van der Waals surface area contributed by atoms with Gasteiger partial charge in [0.2, 0.25) is 0 Å². The molecule has 0 atom stereocenters. The predicted molar refractivity (Wildman–Crippen MR) is 66.1 cm³/mol. The highest BCUT2D eigenvalue weighted by molar-refractivity contribution is 9.10. The van der Waals surface area contributed by atoms with Crippen molar-refractivity contribution in [3.63, 3.8) is 0 Å². The number of thioether (sulfide) groups is 1. The van der Waals surface area contributed by atoms with E-state index in [1.54, 1.807) is 11.8 Å². The van der Waals surface area contributed by atoms with Gasteiger partial charge in [-0.05, 0) is 36.6 Å². The summed E-state index contributed by atoms with van der Waals surface area (Å²) in [5, 5.41) is 8.75. The van der Waals surface area contributed by atoms with Gasteiger partial charge in [-0.2, -0.15) is 0 Å². The fraction of sp³-hybridized carbons (Fsp3) is 0.455. The molecule has 1 aromatic rings. The van der Waals surface area contributed by atoms with Crippen LogP contribution in [0, 0.1) is 6.92 Å². The molecule has 3 heteroatoms. The van der Waals surface area contributed by atoms with Gasteiger partial charge < -0.3 is 5.11 Å². The Balaban J connectivity index is 2.91. The molecule has 14 heavy (non-hydrogen) atoms. The molecule has 0 radical (unpaired) electrons. The van der Waals surface area contributed by atoms with Crippen LogP contribution >= 0.6 is 27.7 Å². The number of aliphatic hydroxyl groups is 1. The molecule has 0 amide bonds. The summed E-state index contributed by atoms with van der Waals surface area (Å²) < 4.78 is 1.22. The molecule has 0 fully saturated rings. The number of aliphatic hydroxyl groups excluding tert-OH is 1. The second kappa shape index (κ2) is 5.79. The van der Waals surface area contributed by atoms with Crippen molar-refractivity contribution in [1.82, 2.24) is 0 Å². The Morgan fingerprint density at radius 1 is 1.43 bits per heavy atom. The van der Waals surface area contributed by atoms with Gasteiger partial charge >= 0.3 is 0 Å². The highest BCUT2D eigenvalue weighted by Gasteiger charge is 2.04. The highest BCUT2D eigenvalue weighted by Crippen LogP contribution is 2.28. The van der Waals surface area contributed by atoms with E-state index < -0.39 is 0 Å². The molecule has 0 saturated carbocycles. The Labute approximate surface area is 98.0 Å². The van der Waals surface area contributed by atoms with Crippen molar-refractivity contribution in [2.45, 2.75) is 25.2 Å². The second-order valence-electron chi connectivity index (χ2n) is 3.14. The molecule has 0 bridgehead atoms. The Kier molecular flexibility index (Phi) is 4.99. The van der Waals surface area contributed by atoms with Gasteiger partial charge in [0.25, 0.3) is 0 Å². The van der Waals surface area contributed by atoms with E-state index in [0.717, 1.165) is 12.2 Å². The molecule has 0 aliphatic rings. The van der Waals surface area contributed by atoms with Gasteiger partial charge in [-0.25, -0.2) is 0 Å². The monoisotopic (exact) mass is 274 g/mol. The molecule has 0 unspecified atom stereocenters. The standard InChI is InChI=1S/C11H15BrOS/c1-3-9-7-10(14-5-4-13)6-8(2)11(9)12/h6-7,13H,3-5H2,1-2H3. The van der Waals surface area contributed by atoms with Crippen LogP contribution in [0.1, 0.15) is 18.1 Å². The van der Waals surface area contributed by atoms with Crippen molar-refractivity contribution in [2.75, 3.05) is 12.4 Å². The lowest BCUT2D eigenvalue weighted by atomic mass is 10.1. The van der Waals surface area contributed by atoms with Gasteiger partial charge in [-0.1, -0.05) is 22.9 Å². The molecule has 1 N–H and O–H groups in total. The number of hydrogen-bond donors (Lipinski definition) is 1. The minimum absolute atomic E-state index is 0.237. The maximum Gasteiger partial charge on any atom is 0.0525 e. The molecular formula is C11H15BrOS. The van der Waals surface area contributed by atoms with E-state index in [2.05, 4.69) is 41.9 Å². The smallest absolute Gasteiger partial charge is 0.0525 e. The maximum absolute atomic E-state index is 8.75. The highest BCUT2D eigenvalue weighted by atomic mass is 79.9. The minimum atomic E-state index is 0.237. The number of aryl methyl sites for hydroxylation is 2. The zero-order valence-electron chi connectivity index (χ0n) is 8.51. The first kappa shape index (κ1) is 12.1. The largest absolute Gasteiger partial charge is 0.396 e. The molecule has 0 aromatic heterocycles. The predicted octanol–water partition coefficient (Wildman–Crippen LogP) is 3.40. The van der Waals surface area contributed by atoms with Crippen LogP contribution in [0.15, 0.2) is 21.5 Å². The third-order valence-corrected chi connectivity index (χ3v) is 4.13. The summed E-state index contributed by atoms with van der Waals surface area (Å²) in [5.74, 6) is 0.768. The molecule has 1 rings (SSSR count). The Morgan fingerprint density at radius 3 is 2.71 bits per heavy atom. The van der Waals surface area contributed by atoms with Crippen LogP contribution in [-0.2, 0) is 6.42 Å². The van der Waals surface area contributed by atoms with Crippen LogP contribution in [0.25, 0.3) is 0 Å². The Bertz CT molecular complexity index is 312. The molecule has 0 aliphatic heterocycles. The molecule has 1 aromatic carbocycles. The summed E-state index contributed by atoms with van der Waals surface area (Å²) in [6, 6.07) is 4.35. The lowest BCUT2D eigenvalue weighted by molar-refractivity contribution is 0.322. The van der Waals surface area contributed by atoms with Crippen molar-refractivity contribution in [3.8, 4) is 0 Å². The number of rotatable bonds is 4. The topological polar surface area (TPSA) is 20.2 Å². The normalized spacial score (nSPS) is 10.6. The fourth-order valence-electron chi connectivity index (χ4n) is 1.31. The summed E-state index contributed by atoms with van der Waals surface area (Å²) in [6.07, 6.45) is 1.04. The van der Waals surface area contributed by atoms with Crippen LogP contribution in [0.5, 0.6) is 0 Å². The first-order valence-electron chi connectivity index (χ1n) is 4.71. The maximum atomic E-state index is 8.75. The first-order valence-corrected chi connectivity index (χ1v) is 6.49. The van der Waals surface area contributed by atoms with E-state index in [1.165, 1.54) is 20.5 Å². The number of halogens is 1. The molecular weight excluding hydrogens is 260 g/mol. The molecule has 0 spiro atoms.